The Hall–Kier alpha value is -0.580. The molecule has 1 fully saturated rings. The number of hydrogen-bond acceptors (Lipinski definition) is 3. The third-order valence-electron chi connectivity index (χ3n) is 3.72. The zero-order valence-corrected chi connectivity index (χ0v) is 13.5. The molecule has 1 heterocycles. The first-order chi connectivity index (χ1) is 8.99. The van der Waals surface area contributed by atoms with Gasteiger partial charge in [0.25, 0.3) is 0 Å². The quantitative estimate of drug-likeness (QED) is 0.921. The van der Waals surface area contributed by atoms with Gasteiger partial charge in [-0.05, 0) is 51.6 Å². The smallest absolute Gasteiger partial charge is 0.0772 e. The Morgan fingerprint density at radius 3 is 2.79 bits per heavy atom. The monoisotopic (exact) mass is 326 g/mol. The Morgan fingerprint density at radius 2 is 2.21 bits per heavy atom. The third-order valence-corrected chi connectivity index (χ3v) is 4.41. The zero-order chi connectivity index (χ0) is 14.0. The molecule has 0 aliphatic carbocycles. The van der Waals surface area contributed by atoms with Gasteiger partial charge >= 0.3 is 0 Å². The van der Waals surface area contributed by atoms with Gasteiger partial charge in [-0.3, -0.25) is 0 Å². The lowest BCUT2D eigenvalue weighted by Crippen LogP contribution is -2.37. The van der Waals surface area contributed by atoms with Crippen LogP contribution in [-0.4, -0.2) is 43.2 Å². The maximum absolute atomic E-state index is 9.68. The second-order valence-corrected chi connectivity index (χ2v) is 6.49. The van der Waals surface area contributed by atoms with Gasteiger partial charge in [0, 0.05) is 29.3 Å². The number of rotatable bonds is 4. The Labute approximate surface area is 124 Å². The van der Waals surface area contributed by atoms with E-state index in [0.717, 1.165) is 23.1 Å². The predicted molar refractivity (Wildman–Crippen MR) is 83.7 cm³/mol. The molecule has 1 saturated heterocycles. The molecule has 2 rings (SSSR count). The number of nitrogens with zero attached hydrogens (tertiary/aromatic N) is 2. The molecule has 0 radical (unpaired) electrons. The van der Waals surface area contributed by atoms with E-state index < -0.39 is 6.10 Å². The highest BCUT2D eigenvalue weighted by atomic mass is 79.9. The molecule has 3 nitrogen and oxygen atoms in total. The predicted octanol–water partition coefficient (Wildman–Crippen LogP) is 3.03. The van der Waals surface area contributed by atoms with E-state index in [1.54, 1.807) is 6.92 Å². The molecule has 0 bridgehead atoms. The van der Waals surface area contributed by atoms with Gasteiger partial charge in [-0.25, -0.2) is 0 Å². The average Bonchev–Trinajstić information content (AvgIpc) is 2.75. The highest BCUT2D eigenvalue weighted by molar-refractivity contribution is 9.10. The van der Waals surface area contributed by atoms with E-state index in [2.05, 4.69) is 52.0 Å². The summed E-state index contributed by atoms with van der Waals surface area (Å²) in [5.74, 6) is 0. The number of likely N-dealkylation sites (N-methyl/N-ethyl adjacent to an activating group) is 1. The van der Waals surface area contributed by atoms with Gasteiger partial charge in [-0.1, -0.05) is 22.0 Å². The van der Waals surface area contributed by atoms with E-state index in [9.17, 15) is 5.11 Å². The van der Waals surface area contributed by atoms with Crippen LogP contribution in [0.1, 0.15) is 31.4 Å². The van der Waals surface area contributed by atoms with Crippen LogP contribution < -0.4 is 4.90 Å². The minimum absolute atomic E-state index is 0.431. The van der Waals surface area contributed by atoms with Crippen LogP contribution in [-0.2, 0) is 0 Å². The summed E-state index contributed by atoms with van der Waals surface area (Å²) in [6.07, 6.45) is 2.09. The van der Waals surface area contributed by atoms with Crippen molar-refractivity contribution in [2.45, 2.75) is 31.9 Å². The normalized spacial score (nSPS) is 21.2. The summed E-state index contributed by atoms with van der Waals surface area (Å²) < 4.78 is 0.996. The SMILES string of the molecule is C[C@@H](O)c1ccc(N2CCCC2CN(C)C)cc1Br. The summed E-state index contributed by atoms with van der Waals surface area (Å²) in [6, 6.07) is 6.88. The van der Waals surface area contributed by atoms with Gasteiger partial charge < -0.3 is 14.9 Å². The van der Waals surface area contributed by atoms with Crippen LogP contribution >= 0.6 is 15.9 Å². The van der Waals surface area contributed by atoms with Gasteiger partial charge in [-0.15, -0.1) is 0 Å². The number of hydrogen-bond donors (Lipinski definition) is 1. The molecule has 0 aromatic heterocycles. The molecule has 0 amide bonds. The van der Waals surface area contributed by atoms with Crippen molar-refractivity contribution < 1.29 is 5.11 Å². The van der Waals surface area contributed by atoms with Gasteiger partial charge in [0.1, 0.15) is 0 Å². The molecule has 2 atom stereocenters. The van der Waals surface area contributed by atoms with Crippen molar-refractivity contribution in [1.29, 1.82) is 0 Å². The highest BCUT2D eigenvalue weighted by Crippen LogP contribution is 2.32. The summed E-state index contributed by atoms with van der Waals surface area (Å²) in [5.41, 5.74) is 2.20. The maximum Gasteiger partial charge on any atom is 0.0772 e. The van der Waals surface area contributed by atoms with Gasteiger partial charge in [0.15, 0.2) is 0 Å². The summed E-state index contributed by atoms with van der Waals surface area (Å²) in [6.45, 7) is 4.01. The second-order valence-electron chi connectivity index (χ2n) is 5.63. The summed E-state index contributed by atoms with van der Waals surface area (Å²) in [4.78, 5) is 4.73. The van der Waals surface area contributed by atoms with Gasteiger partial charge in [0.05, 0.1) is 6.10 Å². The zero-order valence-electron chi connectivity index (χ0n) is 11.9. The fourth-order valence-corrected chi connectivity index (χ4v) is 3.52. The van der Waals surface area contributed by atoms with E-state index in [1.807, 2.05) is 6.07 Å². The van der Waals surface area contributed by atoms with Crippen LogP contribution in [0.5, 0.6) is 0 Å². The van der Waals surface area contributed by atoms with Gasteiger partial charge in [0.2, 0.25) is 0 Å². The molecule has 4 heteroatoms. The molecule has 1 aliphatic rings. The Morgan fingerprint density at radius 1 is 1.47 bits per heavy atom. The fraction of sp³-hybridized carbons (Fsp3) is 0.600. The minimum atomic E-state index is -0.431. The van der Waals surface area contributed by atoms with Crippen molar-refractivity contribution >= 4 is 21.6 Å². The molecule has 0 spiro atoms. The highest BCUT2D eigenvalue weighted by Gasteiger charge is 2.25. The number of benzene rings is 1. The molecule has 1 aliphatic heterocycles. The van der Waals surface area contributed by atoms with E-state index in [1.165, 1.54) is 18.5 Å². The van der Waals surface area contributed by atoms with E-state index in [0.29, 0.717) is 6.04 Å². The molecule has 1 unspecified atom stereocenters. The number of aliphatic hydroxyl groups excluding tert-OH is 1. The standard InChI is InChI=1S/C15H23BrN2O/c1-11(19)14-7-6-12(9-15(14)16)18-8-4-5-13(18)10-17(2)3/h6-7,9,11,13,19H,4-5,8,10H2,1-3H3/t11-,13?/m1/s1. The minimum Gasteiger partial charge on any atom is -0.389 e. The number of halogens is 1. The first-order valence-corrected chi connectivity index (χ1v) is 7.67. The lowest BCUT2D eigenvalue weighted by molar-refractivity contribution is 0.198. The molecule has 1 N–H and O–H groups in total. The van der Waals surface area contributed by atoms with Crippen LogP contribution in [0.2, 0.25) is 0 Å². The molecule has 0 saturated carbocycles. The van der Waals surface area contributed by atoms with Crippen molar-refractivity contribution in [3.8, 4) is 0 Å². The van der Waals surface area contributed by atoms with Crippen molar-refractivity contribution in [3.05, 3.63) is 28.2 Å². The number of anilines is 1. The molecular formula is C15H23BrN2O. The van der Waals surface area contributed by atoms with Crippen molar-refractivity contribution in [2.75, 3.05) is 32.1 Å². The molecular weight excluding hydrogens is 304 g/mol. The second kappa shape index (κ2) is 6.25. The molecule has 1 aromatic carbocycles. The van der Waals surface area contributed by atoms with E-state index in [-0.39, 0.29) is 0 Å². The van der Waals surface area contributed by atoms with Crippen LogP contribution in [0.15, 0.2) is 22.7 Å². The van der Waals surface area contributed by atoms with Crippen LogP contribution in [0, 0.1) is 0 Å². The van der Waals surface area contributed by atoms with Crippen LogP contribution in [0.4, 0.5) is 5.69 Å². The first kappa shape index (κ1) is 14.8. The maximum atomic E-state index is 9.68. The van der Waals surface area contributed by atoms with E-state index >= 15 is 0 Å². The lowest BCUT2D eigenvalue weighted by Gasteiger charge is -2.29. The molecule has 106 valence electrons. The lowest BCUT2D eigenvalue weighted by atomic mass is 10.1. The Kier molecular flexibility index (Phi) is 4.87. The molecule has 19 heavy (non-hydrogen) atoms. The summed E-state index contributed by atoms with van der Waals surface area (Å²) >= 11 is 3.57. The molecule has 1 aromatic rings. The third kappa shape index (κ3) is 3.50. The summed E-state index contributed by atoms with van der Waals surface area (Å²) in [5, 5.41) is 9.68. The van der Waals surface area contributed by atoms with Gasteiger partial charge in [-0.2, -0.15) is 0 Å². The largest absolute Gasteiger partial charge is 0.389 e. The van der Waals surface area contributed by atoms with Crippen LogP contribution in [0.25, 0.3) is 0 Å². The van der Waals surface area contributed by atoms with Crippen LogP contribution in [0.3, 0.4) is 0 Å². The number of aliphatic hydroxyl groups is 1. The first-order valence-electron chi connectivity index (χ1n) is 6.88. The topological polar surface area (TPSA) is 26.7 Å². The van der Waals surface area contributed by atoms with Crippen molar-refractivity contribution in [3.63, 3.8) is 0 Å². The average molecular weight is 327 g/mol. The van der Waals surface area contributed by atoms with E-state index in [4.69, 9.17) is 0 Å². The Bertz CT molecular complexity index is 434. The summed E-state index contributed by atoms with van der Waals surface area (Å²) in [7, 11) is 4.26. The van der Waals surface area contributed by atoms with Crippen molar-refractivity contribution in [2.24, 2.45) is 0 Å². The fourth-order valence-electron chi connectivity index (χ4n) is 2.82. The Balaban J connectivity index is 2.19. The van der Waals surface area contributed by atoms with Crippen molar-refractivity contribution in [1.82, 2.24) is 4.90 Å².